The van der Waals surface area contributed by atoms with Gasteiger partial charge in [0.1, 0.15) is 0 Å². The van der Waals surface area contributed by atoms with E-state index in [2.05, 4.69) is 0 Å². The summed E-state index contributed by atoms with van der Waals surface area (Å²) in [7, 11) is -3.08. The maximum absolute atomic E-state index is 11.8. The highest BCUT2D eigenvalue weighted by Crippen LogP contribution is 2.14. The second kappa shape index (κ2) is 4.98. The Labute approximate surface area is 101 Å². The standard InChI is InChI=1S/C12H15NO3S/c14-12(11-5-2-1-3-6-11)7-9-13-8-4-10-17(13,15)16/h1-3,5-6H,4,7-10H2. The average molecular weight is 253 g/mol. The zero-order chi connectivity index (χ0) is 12.3. The van der Waals surface area contributed by atoms with Crippen LogP contribution in [-0.4, -0.2) is 37.3 Å². The van der Waals surface area contributed by atoms with Gasteiger partial charge in [-0.25, -0.2) is 12.7 Å². The summed E-state index contributed by atoms with van der Waals surface area (Å²) >= 11 is 0. The first kappa shape index (κ1) is 12.3. The van der Waals surface area contributed by atoms with Gasteiger partial charge in [0.25, 0.3) is 0 Å². The van der Waals surface area contributed by atoms with E-state index in [1.807, 2.05) is 6.07 Å². The lowest BCUT2D eigenvalue weighted by Gasteiger charge is -2.13. The van der Waals surface area contributed by atoms with Crippen LogP contribution in [0.1, 0.15) is 23.2 Å². The number of sulfonamides is 1. The molecule has 0 unspecified atom stereocenters. The fourth-order valence-electron chi connectivity index (χ4n) is 1.94. The summed E-state index contributed by atoms with van der Waals surface area (Å²) in [5.74, 6) is 0.208. The summed E-state index contributed by atoms with van der Waals surface area (Å²) in [6, 6.07) is 8.96. The molecule has 0 amide bonds. The third-order valence-corrected chi connectivity index (χ3v) is 4.84. The van der Waals surface area contributed by atoms with Crippen molar-refractivity contribution in [3.05, 3.63) is 35.9 Å². The topological polar surface area (TPSA) is 54.5 Å². The van der Waals surface area contributed by atoms with Crippen LogP contribution in [-0.2, 0) is 10.0 Å². The van der Waals surface area contributed by atoms with Gasteiger partial charge in [0.2, 0.25) is 10.0 Å². The first-order chi connectivity index (χ1) is 8.09. The number of carbonyl (C=O) groups excluding carboxylic acids is 1. The van der Waals surface area contributed by atoms with Gasteiger partial charge in [0, 0.05) is 25.1 Å². The van der Waals surface area contributed by atoms with Crippen LogP contribution in [0.5, 0.6) is 0 Å². The van der Waals surface area contributed by atoms with Gasteiger partial charge in [-0.15, -0.1) is 0 Å². The van der Waals surface area contributed by atoms with Gasteiger partial charge in [0.15, 0.2) is 5.78 Å². The second-order valence-electron chi connectivity index (χ2n) is 4.11. The molecule has 1 aromatic carbocycles. The number of rotatable bonds is 4. The molecule has 0 spiro atoms. The highest BCUT2D eigenvalue weighted by Gasteiger charge is 2.28. The fraction of sp³-hybridized carbons (Fsp3) is 0.417. The minimum absolute atomic E-state index is 0.00676. The largest absolute Gasteiger partial charge is 0.294 e. The summed E-state index contributed by atoms with van der Waals surface area (Å²) in [6.45, 7) is 0.848. The number of ketones is 1. The molecule has 0 bridgehead atoms. The molecular formula is C12H15NO3S. The van der Waals surface area contributed by atoms with Crippen molar-refractivity contribution in [3.8, 4) is 0 Å². The Balaban J connectivity index is 1.93. The Kier molecular flexibility index (Phi) is 3.59. The third-order valence-electron chi connectivity index (χ3n) is 2.89. The van der Waals surface area contributed by atoms with Crippen molar-refractivity contribution in [2.24, 2.45) is 0 Å². The zero-order valence-corrected chi connectivity index (χ0v) is 10.3. The van der Waals surface area contributed by atoms with E-state index in [4.69, 9.17) is 0 Å². The van der Waals surface area contributed by atoms with E-state index in [0.717, 1.165) is 0 Å². The number of carbonyl (C=O) groups is 1. The lowest BCUT2D eigenvalue weighted by Crippen LogP contribution is -2.28. The monoisotopic (exact) mass is 253 g/mol. The number of hydrogen-bond acceptors (Lipinski definition) is 3. The number of nitrogens with zero attached hydrogens (tertiary/aromatic N) is 1. The van der Waals surface area contributed by atoms with Crippen molar-refractivity contribution in [2.75, 3.05) is 18.8 Å². The quantitative estimate of drug-likeness (QED) is 0.760. The molecule has 0 aliphatic carbocycles. The van der Waals surface area contributed by atoms with E-state index >= 15 is 0 Å². The molecule has 5 heteroatoms. The molecule has 1 fully saturated rings. The van der Waals surface area contributed by atoms with Crippen molar-refractivity contribution >= 4 is 15.8 Å². The molecule has 0 radical (unpaired) electrons. The molecule has 1 aromatic rings. The number of hydrogen-bond donors (Lipinski definition) is 0. The average Bonchev–Trinajstić information content (AvgIpc) is 2.66. The lowest BCUT2D eigenvalue weighted by molar-refractivity contribution is 0.0977. The smallest absolute Gasteiger partial charge is 0.214 e. The summed E-state index contributed by atoms with van der Waals surface area (Å²) in [5.41, 5.74) is 0.643. The molecule has 1 aliphatic heterocycles. The molecule has 0 atom stereocenters. The number of Topliss-reactive ketones (excluding diaryl/α,β-unsaturated/α-hetero) is 1. The predicted octanol–water partition coefficient (Wildman–Crippen LogP) is 1.29. The Hall–Kier alpha value is -1.20. The maximum atomic E-state index is 11.8. The van der Waals surface area contributed by atoms with Crippen LogP contribution >= 0.6 is 0 Å². The normalized spacial score (nSPS) is 19.3. The Morgan fingerprint density at radius 2 is 1.94 bits per heavy atom. The molecule has 0 aromatic heterocycles. The Morgan fingerprint density at radius 1 is 1.24 bits per heavy atom. The molecule has 92 valence electrons. The van der Waals surface area contributed by atoms with Crippen LogP contribution in [0.25, 0.3) is 0 Å². The number of benzene rings is 1. The first-order valence-corrected chi connectivity index (χ1v) is 7.26. The lowest BCUT2D eigenvalue weighted by atomic mass is 10.1. The van der Waals surface area contributed by atoms with E-state index in [9.17, 15) is 13.2 Å². The van der Waals surface area contributed by atoms with Gasteiger partial charge >= 0.3 is 0 Å². The maximum Gasteiger partial charge on any atom is 0.214 e. The molecule has 1 aliphatic rings. The molecule has 0 N–H and O–H groups in total. The van der Waals surface area contributed by atoms with Crippen LogP contribution in [0, 0.1) is 0 Å². The van der Waals surface area contributed by atoms with Crippen molar-refractivity contribution in [1.82, 2.24) is 4.31 Å². The van der Waals surface area contributed by atoms with Gasteiger partial charge in [-0.1, -0.05) is 30.3 Å². The second-order valence-corrected chi connectivity index (χ2v) is 6.20. The molecule has 17 heavy (non-hydrogen) atoms. The van der Waals surface area contributed by atoms with Gasteiger partial charge in [-0.3, -0.25) is 4.79 Å². The molecule has 4 nitrogen and oxygen atoms in total. The molecular weight excluding hydrogens is 238 g/mol. The third kappa shape index (κ3) is 2.92. The van der Waals surface area contributed by atoms with Crippen molar-refractivity contribution < 1.29 is 13.2 Å². The zero-order valence-electron chi connectivity index (χ0n) is 9.50. The highest BCUT2D eigenvalue weighted by atomic mass is 32.2. The van der Waals surface area contributed by atoms with Crippen LogP contribution in [0.3, 0.4) is 0 Å². The molecule has 2 rings (SSSR count). The summed E-state index contributed by atoms with van der Waals surface area (Å²) in [6.07, 6.45) is 0.922. The summed E-state index contributed by atoms with van der Waals surface area (Å²) in [5, 5.41) is 0. The van der Waals surface area contributed by atoms with E-state index in [1.165, 1.54) is 4.31 Å². The van der Waals surface area contributed by atoms with Crippen LogP contribution < -0.4 is 0 Å². The van der Waals surface area contributed by atoms with Crippen molar-refractivity contribution in [2.45, 2.75) is 12.8 Å². The first-order valence-electron chi connectivity index (χ1n) is 5.66. The highest BCUT2D eigenvalue weighted by molar-refractivity contribution is 7.89. The summed E-state index contributed by atoms with van der Waals surface area (Å²) in [4.78, 5) is 11.8. The van der Waals surface area contributed by atoms with E-state index in [-0.39, 0.29) is 18.0 Å². The van der Waals surface area contributed by atoms with E-state index in [0.29, 0.717) is 25.1 Å². The van der Waals surface area contributed by atoms with Gasteiger partial charge in [0.05, 0.1) is 5.75 Å². The predicted molar refractivity (Wildman–Crippen MR) is 65.4 cm³/mol. The molecule has 1 heterocycles. The van der Waals surface area contributed by atoms with Crippen LogP contribution in [0.2, 0.25) is 0 Å². The van der Waals surface area contributed by atoms with Gasteiger partial charge in [-0.05, 0) is 6.42 Å². The van der Waals surface area contributed by atoms with E-state index < -0.39 is 10.0 Å². The molecule has 1 saturated heterocycles. The molecule has 0 saturated carbocycles. The minimum Gasteiger partial charge on any atom is -0.294 e. The van der Waals surface area contributed by atoms with Crippen LogP contribution in [0.15, 0.2) is 30.3 Å². The summed E-state index contributed by atoms with van der Waals surface area (Å²) < 4.78 is 24.5. The fourth-order valence-corrected chi connectivity index (χ4v) is 3.47. The van der Waals surface area contributed by atoms with Gasteiger partial charge < -0.3 is 0 Å². The van der Waals surface area contributed by atoms with Crippen LogP contribution in [0.4, 0.5) is 0 Å². The Morgan fingerprint density at radius 3 is 2.53 bits per heavy atom. The van der Waals surface area contributed by atoms with Crippen molar-refractivity contribution in [1.29, 1.82) is 0 Å². The van der Waals surface area contributed by atoms with Crippen molar-refractivity contribution in [3.63, 3.8) is 0 Å². The Bertz CT molecular complexity index is 496. The van der Waals surface area contributed by atoms with E-state index in [1.54, 1.807) is 24.3 Å². The van der Waals surface area contributed by atoms with Gasteiger partial charge in [-0.2, -0.15) is 0 Å². The SMILES string of the molecule is O=C(CCN1CCCS1(=O)=O)c1ccccc1. The minimum atomic E-state index is -3.08.